The number of rotatable bonds is 6. The van der Waals surface area contributed by atoms with Crippen LogP contribution in [0.4, 0.5) is 0 Å². The lowest BCUT2D eigenvalue weighted by atomic mass is 10.0. The van der Waals surface area contributed by atoms with Crippen molar-refractivity contribution >= 4 is 12.2 Å². The van der Waals surface area contributed by atoms with Gasteiger partial charge in [0, 0.05) is 0 Å². The molecule has 0 spiro atoms. The molecule has 0 saturated heterocycles. The van der Waals surface area contributed by atoms with E-state index < -0.39 is 5.92 Å². The van der Waals surface area contributed by atoms with E-state index in [9.17, 15) is 4.79 Å². The van der Waals surface area contributed by atoms with E-state index in [1.54, 1.807) is 6.92 Å². The van der Waals surface area contributed by atoms with Crippen LogP contribution in [-0.2, 0) is 20.8 Å². The molecule has 1 aromatic carbocycles. The average Bonchev–Trinajstić information content (AvgIpc) is 2.36. The van der Waals surface area contributed by atoms with Crippen LogP contribution in [0.2, 0.25) is 0 Å². The SMILES string of the molecule is CCOC(=O)C(C=NOC)Cc1ccccc1. The van der Waals surface area contributed by atoms with Crippen LogP contribution in [0.3, 0.4) is 0 Å². The van der Waals surface area contributed by atoms with Crippen molar-refractivity contribution in [1.82, 2.24) is 0 Å². The van der Waals surface area contributed by atoms with E-state index in [1.807, 2.05) is 30.3 Å². The second kappa shape index (κ2) is 7.44. The van der Waals surface area contributed by atoms with Gasteiger partial charge in [-0.1, -0.05) is 35.5 Å². The van der Waals surface area contributed by atoms with Gasteiger partial charge < -0.3 is 9.57 Å². The smallest absolute Gasteiger partial charge is 0.314 e. The molecule has 0 aliphatic carbocycles. The highest BCUT2D eigenvalue weighted by atomic mass is 16.6. The third-order valence-electron chi connectivity index (χ3n) is 2.23. The summed E-state index contributed by atoms with van der Waals surface area (Å²) in [5.74, 6) is -0.686. The fraction of sp³-hybridized carbons (Fsp3) is 0.385. The topological polar surface area (TPSA) is 47.9 Å². The number of esters is 1. The van der Waals surface area contributed by atoms with Gasteiger partial charge in [-0.05, 0) is 18.9 Å². The summed E-state index contributed by atoms with van der Waals surface area (Å²) in [6.45, 7) is 2.15. The molecule has 0 radical (unpaired) electrons. The van der Waals surface area contributed by atoms with E-state index in [2.05, 4.69) is 9.99 Å². The molecule has 0 bridgehead atoms. The number of oxime groups is 1. The summed E-state index contributed by atoms with van der Waals surface area (Å²) >= 11 is 0. The number of benzene rings is 1. The Morgan fingerprint density at radius 2 is 2.12 bits per heavy atom. The van der Waals surface area contributed by atoms with Gasteiger partial charge in [0.1, 0.15) is 7.11 Å². The zero-order valence-corrected chi connectivity index (χ0v) is 10.1. The highest BCUT2D eigenvalue weighted by Crippen LogP contribution is 2.09. The van der Waals surface area contributed by atoms with Gasteiger partial charge in [-0.25, -0.2) is 0 Å². The Morgan fingerprint density at radius 1 is 1.41 bits per heavy atom. The van der Waals surface area contributed by atoms with Crippen molar-refractivity contribution in [2.45, 2.75) is 13.3 Å². The van der Waals surface area contributed by atoms with Gasteiger partial charge >= 0.3 is 5.97 Å². The normalized spacial score (nSPS) is 12.4. The lowest BCUT2D eigenvalue weighted by Crippen LogP contribution is -2.21. The van der Waals surface area contributed by atoms with Gasteiger partial charge in [-0.15, -0.1) is 0 Å². The number of hydrogen-bond acceptors (Lipinski definition) is 4. The van der Waals surface area contributed by atoms with Crippen molar-refractivity contribution in [2.24, 2.45) is 11.1 Å². The van der Waals surface area contributed by atoms with Crippen molar-refractivity contribution in [3.8, 4) is 0 Å². The summed E-state index contributed by atoms with van der Waals surface area (Å²) in [6.07, 6.45) is 2.04. The lowest BCUT2D eigenvalue weighted by molar-refractivity contribution is -0.145. The van der Waals surface area contributed by atoms with Crippen LogP contribution < -0.4 is 0 Å². The molecule has 0 aliphatic heterocycles. The molecule has 1 unspecified atom stereocenters. The van der Waals surface area contributed by atoms with Crippen molar-refractivity contribution < 1.29 is 14.4 Å². The molecule has 0 N–H and O–H groups in total. The molecule has 1 aromatic rings. The number of hydrogen-bond donors (Lipinski definition) is 0. The minimum absolute atomic E-state index is 0.280. The number of nitrogens with zero attached hydrogens (tertiary/aromatic N) is 1. The third kappa shape index (κ3) is 4.68. The van der Waals surface area contributed by atoms with Crippen molar-refractivity contribution in [3.05, 3.63) is 35.9 Å². The van der Waals surface area contributed by atoms with E-state index in [1.165, 1.54) is 13.3 Å². The van der Waals surface area contributed by atoms with Crippen molar-refractivity contribution in [2.75, 3.05) is 13.7 Å². The largest absolute Gasteiger partial charge is 0.465 e. The van der Waals surface area contributed by atoms with E-state index >= 15 is 0 Å². The molecule has 1 rings (SSSR count). The maximum Gasteiger partial charge on any atom is 0.314 e. The Kier molecular flexibility index (Phi) is 5.79. The minimum Gasteiger partial charge on any atom is -0.465 e. The zero-order chi connectivity index (χ0) is 12.5. The fourth-order valence-electron chi connectivity index (χ4n) is 1.45. The monoisotopic (exact) mass is 235 g/mol. The predicted molar refractivity (Wildman–Crippen MR) is 65.8 cm³/mol. The highest BCUT2D eigenvalue weighted by Gasteiger charge is 2.18. The Balaban J connectivity index is 2.70. The number of ether oxygens (including phenoxy) is 1. The molecule has 0 aliphatic rings. The summed E-state index contributed by atoms with van der Waals surface area (Å²) in [5.41, 5.74) is 1.06. The van der Waals surface area contributed by atoms with E-state index in [-0.39, 0.29) is 5.97 Å². The third-order valence-corrected chi connectivity index (χ3v) is 2.23. The molecule has 0 amide bonds. The minimum atomic E-state index is -0.405. The van der Waals surface area contributed by atoms with Crippen molar-refractivity contribution in [3.63, 3.8) is 0 Å². The van der Waals surface area contributed by atoms with Crippen LogP contribution in [0.15, 0.2) is 35.5 Å². The van der Waals surface area contributed by atoms with Gasteiger partial charge in [0.15, 0.2) is 0 Å². The molecule has 0 heterocycles. The molecule has 4 heteroatoms. The first-order chi connectivity index (χ1) is 8.27. The summed E-state index contributed by atoms with van der Waals surface area (Å²) in [6, 6.07) is 9.74. The van der Waals surface area contributed by atoms with Crippen LogP contribution >= 0.6 is 0 Å². The fourth-order valence-corrected chi connectivity index (χ4v) is 1.45. The van der Waals surface area contributed by atoms with E-state index in [0.29, 0.717) is 13.0 Å². The maximum absolute atomic E-state index is 11.7. The molecule has 17 heavy (non-hydrogen) atoms. The van der Waals surface area contributed by atoms with Crippen LogP contribution in [0.1, 0.15) is 12.5 Å². The first-order valence-corrected chi connectivity index (χ1v) is 5.55. The quantitative estimate of drug-likeness (QED) is 0.430. The predicted octanol–water partition coefficient (Wildman–Crippen LogP) is 2.04. The van der Waals surface area contributed by atoms with Gasteiger partial charge in [0.2, 0.25) is 0 Å². The molecule has 92 valence electrons. The standard InChI is InChI=1S/C13H17NO3/c1-3-17-13(15)12(10-14-16-2)9-11-7-5-4-6-8-11/h4-8,10,12H,3,9H2,1-2H3. The number of carbonyl (C=O) groups is 1. The highest BCUT2D eigenvalue weighted by molar-refractivity contribution is 5.89. The molecular formula is C13H17NO3. The Bertz CT molecular complexity index is 362. The van der Waals surface area contributed by atoms with E-state index in [0.717, 1.165) is 5.56 Å². The molecular weight excluding hydrogens is 218 g/mol. The van der Waals surface area contributed by atoms with Crippen LogP contribution in [0.25, 0.3) is 0 Å². The Morgan fingerprint density at radius 3 is 2.71 bits per heavy atom. The summed E-state index contributed by atoms with van der Waals surface area (Å²) < 4.78 is 4.99. The Hall–Kier alpha value is -1.84. The molecule has 4 nitrogen and oxygen atoms in total. The Labute approximate surface area is 101 Å². The number of carbonyl (C=O) groups excluding carboxylic acids is 1. The van der Waals surface area contributed by atoms with E-state index in [4.69, 9.17) is 4.74 Å². The molecule has 0 aromatic heterocycles. The van der Waals surface area contributed by atoms with Gasteiger partial charge in [0.05, 0.1) is 18.7 Å². The summed E-state index contributed by atoms with van der Waals surface area (Å²) in [7, 11) is 1.45. The average molecular weight is 235 g/mol. The zero-order valence-electron chi connectivity index (χ0n) is 10.1. The second-order valence-corrected chi connectivity index (χ2v) is 3.49. The molecule has 0 fully saturated rings. The van der Waals surface area contributed by atoms with Gasteiger partial charge in [0.25, 0.3) is 0 Å². The first kappa shape index (κ1) is 13.2. The molecule has 0 saturated carbocycles. The van der Waals surface area contributed by atoms with Crippen LogP contribution in [0.5, 0.6) is 0 Å². The second-order valence-electron chi connectivity index (χ2n) is 3.49. The summed E-state index contributed by atoms with van der Waals surface area (Å²) in [5, 5.41) is 3.65. The summed E-state index contributed by atoms with van der Waals surface area (Å²) in [4.78, 5) is 16.3. The first-order valence-electron chi connectivity index (χ1n) is 5.55. The van der Waals surface area contributed by atoms with Crippen molar-refractivity contribution in [1.29, 1.82) is 0 Å². The van der Waals surface area contributed by atoms with Gasteiger partial charge in [-0.2, -0.15) is 0 Å². The maximum atomic E-state index is 11.7. The van der Waals surface area contributed by atoms with Crippen LogP contribution in [0, 0.1) is 5.92 Å². The lowest BCUT2D eigenvalue weighted by Gasteiger charge is -2.10. The van der Waals surface area contributed by atoms with Crippen LogP contribution in [-0.4, -0.2) is 25.9 Å². The molecule has 1 atom stereocenters. The van der Waals surface area contributed by atoms with Gasteiger partial charge in [-0.3, -0.25) is 4.79 Å².